The minimum atomic E-state index is -3.11. The molecule has 0 aromatic rings. The van der Waals surface area contributed by atoms with Crippen molar-refractivity contribution in [3.8, 4) is 0 Å². The van der Waals surface area contributed by atoms with Crippen LogP contribution in [0, 0.1) is 11.3 Å². The Bertz CT molecular complexity index is 681. The Kier molecular flexibility index (Phi) is 6.85. The van der Waals surface area contributed by atoms with Crippen LogP contribution in [0.4, 0.5) is 4.79 Å². The molecule has 0 bridgehead atoms. The number of rotatable bonds is 5. The van der Waals surface area contributed by atoms with Gasteiger partial charge in [-0.3, -0.25) is 0 Å². The van der Waals surface area contributed by atoms with Crippen LogP contribution in [-0.4, -0.2) is 74.4 Å². The maximum atomic E-state index is 12.3. The van der Waals surface area contributed by atoms with Crippen LogP contribution in [0.15, 0.2) is 0 Å². The second kappa shape index (κ2) is 8.71. The fourth-order valence-corrected chi connectivity index (χ4v) is 6.03. The summed E-state index contributed by atoms with van der Waals surface area (Å²) in [7, 11) is -3.11. The van der Waals surface area contributed by atoms with Crippen LogP contribution in [0.2, 0.25) is 0 Å². The first-order valence-corrected chi connectivity index (χ1v) is 12.8. The first-order chi connectivity index (χ1) is 13.5. The van der Waals surface area contributed by atoms with E-state index in [1.165, 1.54) is 6.42 Å². The quantitative estimate of drug-likeness (QED) is 0.727. The summed E-state index contributed by atoms with van der Waals surface area (Å²) in [5.74, 6) is 0.676. The molecule has 168 valence electrons. The van der Waals surface area contributed by atoms with Gasteiger partial charge >= 0.3 is 6.09 Å². The van der Waals surface area contributed by atoms with E-state index in [-0.39, 0.29) is 17.9 Å². The van der Waals surface area contributed by atoms with E-state index in [1.807, 2.05) is 25.7 Å². The average molecular weight is 430 g/mol. The van der Waals surface area contributed by atoms with E-state index in [2.05, 4.69) is 9.62 Å². The molecule has 2 aliphatic heterocycles. The summed E-state index contributed by atoms with van der Waals surface area (Å²) in [5, 5.41) is 0. The Morgan fingerprint density at radius 2 is 1.83 bits per heavy atom. The van der Waals surface area contributed by atoms with Gasteiger partial charge in [-0.05, 0) is 84.1 Å². The van der Waals surface area contributed by atoms with Crippen molar-refractivity contribution in [1.82, 2.24) is 14.5 Å². The van der Waals surface area contributed by atoms with Crippen LogP contribution >= 0.6 is 0 Å². The molecule has 0 aromatic heterocycles. The van der Waals surface area contributed by atoms with Crippen LogP contribution in [0.1, 0.15) is 66.2 Å². The molecule has 1 spiro atoms. The van der Waals surface area contributed by atoms with Gasteiger partial charge in [-0.25, -0.2) is 17.9 Å². The molecule has 29 heavy (non-hydrogen) atoms. The van der Waals surface area contributed by atoms with E-state index in [1.54, 1.807) is 6.92 Å². The summed E-state index contributed by atoms with van der Waals surface area (Å²) in [6.45, 7) is 12.3. The zero-order valence-corrected chi connectivity index (χ0v) is 19.4. The third kappa shape index (κ3) is 6.31. The van der Waals surface area contributed by atoms with Gasteiger partial charge in [0.1, 0.15) is 5.60 Å². The number of carbonyl (C=O) groups is 1. The molecule has 3 fully saturated rings. The normalized spacial score (nSPS) is 31.5. The van der Waals surface area contributed by atoms with E-state index in [9.17, 15) is 13.2 Å². The number of hydrogen-bond donors (Lipinski definition) is 1. The third-order valence-corrected chi connectivity index (χ3v) is 8.20. The highest BCUT2D eigenvalue weighted by atomic mass is 32.2. The number of sulfonamides is 1. The van der Waals surface area contributed by atoms with Crippen molar-refractivity contribution in [2.24, 2.45) is 11.3 Å². The van der Waals surface area contributed by atoms with E-state index in [0.717, 1.165) is 64.8 Å². The van der Waals surface area contributed by atoms with Crippen LogP contribution < -0.4 is 4.72 Å². The first kappa shape index (κ1) is 22.8. The highest BCUT2D eigenvalue weighted by Gasteiger charge is 2.42. The van der Waals surface area contributed by atoms with E-state index in [0.29, 0.717) is 11.3 Å². The number of nitrogens with one attached hydrogen (secondary N) is 1. The summed E-state index contributed by atoms with van der Waals surface area (Å²) in [6, 6.07) is 0.108. The van der Waals surface area contributed by atoms with Gasteiger partial charge < -0.3 is 14.5 Å². The number of ether oxygens (including phenoxy) is 1. The van der Waals surface area contributed by atoms with Crippen LogP contribution in [0.3, 0.4) is 0 Å². The smallest absolute Gasteiger partial charge is 0.410 e. The molecule has 1 atom stereocenters. The molecule has 1 N–H and O–H groups in total. The molecule has 3 aliphatic rings. The Balaban J connectivity index is 1.42. The van der Waals surface area contributed by atoms with Gasteiger partial charge in [0.15, 0.2) is 0 Å². The molecule has 2 saturated heterocycles. The second-order valence-corrected chi connectivity index (χ2v) is 12.4. The number of carbonyl (C=O) groups excluding carboxylic acids is 1. The van der Waals surface area contributed by atoms with E-state index in [4.69, 9.17) is 4.74 Å². The summed E-state index contributed by atoms with van der Waals surface area (Å²) < 4.78 is 32.0. The Hall–Kier alpha value is -0.860. The van der Waals surface area contributed by atoms with Gasteiger partial charge in [0.05, 0.1) is 5.75 Å². The Labute approximate surface area is 176 Å². The van der Waals surface area contributed by atoms with Crippen LogP contribution in [-0.2, 0) is 14.8 Å². The summed E-state index contributed by atoms with van der Waals surface area (Å²) in [5.41, 5.74) is -0.0850. The fraction of sp³-hybridized carbons (Fsp3) is 0.952. The number of likely N-dealkylation sites (tertiary alicyclic amines) is 2. The highest BCUT2D eigenvalue weighted by Crippen LogP contribution is 2.44. The van der Waals surface area contributed by atoms with Crippen molar-refractivity contribution in [2.45, 2.75) is 77.9 Å². The molecule has 0 unspecified atom stereocenters. The Morgan fingerprint density at radius 3 is 2.45 bits per heavy atom. The summed E-state index contributed by atoms with van der Waals surface area (Å²) in [4.78, 5) is 16.7. The van der Waals surface area contributed by atoms with E-state index >= 15 is 0 Å². The number of amides is 1. The minimum absolute atomic E-state index is 0.108. The van der Waals surface area contributed by atoms with Crippen molar-refractivity contribution >= 4 is 16.1 Å². The standard InChI is InChI=1S/C21H39N3O4S/c1-5-29(26,27)22-18-6-9-21(10-7-18)11-13-23(16-21)14-17-8-12-24(15-17)19(25)28-20(2,3)4/h17-18,22H,5-16H2,1-4H3/t17-,18?,21?/m0/s1. The zero-order chi connectivity index (χ0) is 21.3. The van der Waals surface area contributed by atoms with Crippen molar-refractivity contribution in [2.75, 3.05) is 38.5 Å². The predicted octanol–water partition coefficient (Wildman–Crippen LogP) is 2.82. The molecule has 1 amide bonds. The van der Waals surface area contributed by atoms with Gasteiger partial charge in [0, 0.05) is 32.2 Å². The van der Waals surface area contributed by atoms with Gasteiger partial charge in [0.2, 0.25) is 10.0 Å². The number of nitrogens with zero attached hydrogens (tertiary/aromatic N) is 2. The molecule has 0 radical (unpaired) electrons. The lowest BCUT2D eigenvalue weighted by atomic mass is 9.72. The fourth-order valence-electron chi connectivity index (χ4n) is 5.12. The minimum Gasteiger partial charge on any atom is -0.444 e. The van der Waals surface area contributed by atoms with Gasteiger partial charge in [-0.2, -0.15) is 0 Å². The highest BCUT2D eigenvalue weighted by molar-refractivity contribution is 7.89. The first-order valence-electron chi connectivity index (χ1n) is 11.2. The molecule has 1 saturated carbocycles. The van der Waals surface area contributed by atoms with Gasteiger partial charge in [0.25, 0.3) is 0 Å². The van der Waals surface area contributed by atoms with E-state index < -0.39 is 15.6 Å². The molecular formula is C21H39N3O4S. The Morgan fingerprint density at radius 1 is 1.14 bits per heavy atom. The summed E-state index contributed by atoms with van der Waals surface area (Å²) >= 11 is 0. The number of hydrogen-bond acceptors (Lipinski definition) is 5. The van der Waals surface area contributed by atoms with Crippen molar-refractivity contribution < 1.29 is 17.9 Å². The zero-order valence-electron chi connectivity index (χ0n) is 18.6. The SMILES string of the molecule is CCS(=O)(=O)NC1CCC2(CC1)CCN(C[C@@H]1CCN(C(=O)OC(C)(C)C)C1)C2. The maximum Gasteiger partial charge on any atom is 0.410 e. The van der Waals surface area contributed by atoms with Crippen LogP contribution in [0.25, 0.3) is 0 Å². The van der Waals surface area contributed by atoms with Crippen molar-refractivity contribution in [3.05, 3.63) is 0 Å². The molecule has 7 nitrogen and oxygen atoms in total. The second-order valence-electron chi connectivity index (χ2n) is 10.4. The third-order valence-electron chi connectivity index (χ3n) is 6.74. The molecule has 3 rings (SSSR count). The maximum absolute atomic E-state index is 12.3. The molecule has 0 aromatic carbocycles. The van der Waals surface area contributed by atoms with Gasteiger partial charge in [-0.1, -0.05) is 0 Å². The molecular weight excluding hydrogens is 390 g/mol. The monoisotopic (exact) mass is 429 g/mol. The lowest BCUT2D eigenvalue weighted by molar-refractivity contribution is 0.0285. The van der Waals surface area contributed by atoms with Crippen LogP contribution in [0.5, 0.6) is 0 Å². The summed E-state index contributed by atoms with van der Waals surface area (Å²) in [6.07, 6.45) is 6.17. The predicted molar refractivity (Wildman–Crippen MR) is 114 cm³/mol. The average Bonchev–Trinajstić information content (AvgIpc) is 3.24. The largest absolute Gasteiger partial charge is 0.444 e. The van der Waals surface area contributed by atoms with Gasteiger partial charge in [-0.15, -0.1) is 0 Å². The topological polar surface area (TPSA) is 79.0 Å². The van der Waals surface area contributed by atoms with Crippen molar-refractivity contribution in [3.63, 3.8) is 0 Å². The molecule has 1 aliphatic carbocycles. The molecule has 2 heterocycles. The lowest BCUT2D eigenvalue weighted by Gasteiger charge is -2.37. The van der Waals surface area contributed by atoms with Crippen molar-refractivity contribution in [1.29, 1.82) is 0 Å². The lowest BCUT2D eigenvalue weighted by Crippen LogP contribution is -2.42. The molecule has 8 heteroatoms.